The van der Waals surface area contributed by atoms with Gasteiger partial charge in [-0.3, -0.25) is 0 Å². The van der Waals surface area contributed by atoms with E-state index >= 15 is 0 Å². The first-order valence-electron chi connectivity index (χ1n) is 6.43. The Morgan fingerprint density at radius 1 is 1.38 bits per heavy atom. The van der Waals surface area contributed by atoms with Crippen LogP contribution in [0.25, 0.3) is 0 Å². The lowest BCUT2D eigenvalue weighted by atomic mass is 9.81. The Hall–Kier alpha value is -0.770. The second-order valence-corrected chi connectivity index (χ2v) is 5.52. The molecule has 0 atom stereocenters. The first-order chi connectivity index (χ1) is 7.68. The zero-order chi connectivity index (χ0) is 11.4. The molecule has 3 N–H and O–H groups in total. The molecule has 2 aliphatic rings. The van der Waals surface area contributed by atoms with E-state index < -0.39 is 0 Å². The monoisotopic (exact) mass is 225 g/mol. The average molecular weight is 225 g/mol. The van der Waals surface area contributed by atoms with E-state index in [-0.39, 0.29) is 11.4 Å². The van der Waals surface area contributed by atoms with Crippen LogP contribution in [0.3, 0.4) is 0 Å². The van der Waals surface area contributed by atoms with Crippen molar-refractivity contribution < 1.29 is 4.79 Å². The van der Waals surface area contributed by atoms with Gasteiger partial charge >= 0.3 is 6.03 Å². The van der Waals surface area contributed by atoms with Gasteiger partial charge in [0, 0.05) is 12.6 Å². The van der Waals surface area contributed by atoms with Crippen LogP contribution in [0.4, 0.5) is 4.79 Å². The Labute approximate surface area is 97.6 Å². The van der Waals surface area contributed by atoms with Crippen molar-refractivity contribution in [3.8, 4) is 0 Å². The van der Waals surface area contributed by atoms with Crippen LogP contribution < -0.4 is 16.0 Å². The third-order valence-corrected chi connectivity index (χ3v) is 3.93. The van der Waals surface area contributed by atoms with Gasteiger partial charge < -0.3 is 16.0 Å². The maximum Gasteiger partial charge on any atom is 0.315 e. The summed E-state index contributed by atoms with van der Waals surface area (Å²) >= 11 is 0. The molecule has 0 aromatic carbocycles. The topological polar surface area (TPSA) is 53.2 Å². The number of carbonyl (C=O) groups is 1. The lowest BCUT2D eigenvalue weighted by Crippen LogP contribution is -2.49. The maximum atomic E-state index is 11.6. The number of nitrogens with one attached hydrogen (secondary N) is 3. The van der Waals surface area contributed by atoms with Gasteiger partial charge in [0.25, 0.3) is 0 Å². The Bertz CT molecular complexity index is 245. The van der Waals surface area contributed by atoms with Crippen LogP contribution in [0.2, 0.25) is 0 Å². The fourth-order valence-corrected chi connectivity index (χ4v) is 2.29. The van der Waals surface area contributed by atoms with E-state index in [0.717, 1.165) is 45.3 Å². The normalized spacial score (nSPS) is 24.6. The molecule has 0 radical (unpaired) electrons. The highest BCUT2D eigenvalue weighted by Crippen LogP contribution is 2.26. The van der Waals surface area contributed by atoms with Crippen LogP contribution >= 0.6 is 0 Å². The smallest absolute Gasteiger partial charge is 0.315 e. The molecule has 4 nitrogen and oxygen atoms in total. The quantitative estimate of drug-likeness (QED) is 0.676. The molecule has 1 aliphatic carbocycles. The van der Waals surface area contributed by atoms with Gasteiger partial charge in [0.05, 0.1) is 0 Å². The zero-order valence-corrected chi connectivity index (χ0v) is 10.1. The van der Waals surface area contributed by atoms with Gasteiger partial charge in [-0.25, -0.2) is 4.79 Å². The lowest BCUT2D eigenvalue weighted by molar-refractivity contribution is 0.201. The Morgan fingerprint density at radius 3 is 2.62 bits per heavy atom. The highest BCUT2D eigenvalue weighted by Gasteiger charge is 2.27. The van der Waals surface area contributed by atoms with Gasteiger partial charge in [0.15, 0.2) is 0 Å². The van der Waals surface area contributed by atoms with E-state index in [9.17, 15) is 4.79 Å². The molecular weight excluding hydrogens is 202 g/mol. The van der Waals surface area contributed by atoms with Crippen molar-refractivity contribution in [3.63, 3.8) is 0 Å². The molecule has 1 saturated carbocycles. The molecule has 2 rings (SSSR count). The van der Waals surface area contributed by atoms with Crippen molar-refractivity contribution >= 4 is 6.03 Å². The third kappa shape index (κ3) is 3.11. The Balaban J connectivity index is 1.66. The number of amides is 2. The summed E-state index contributed by atoms with van der Waals surface area (Å²) in [5.74, 6) is 0. The SMILES string of the molecule is CC1(CNC(=O)NC2CCC2)CCNCC1. The van der Waals surface area contributed by atoms with Crippen LogP contribution in [-0.4, -0.2) is 31.7 Å². The third-order valence-electron chi connectivity index (χ3n) is 3.93. The molecular formula is C12H23N3O. The summed E-state index contributed by atoms with van der Waals surface area (Å²) < 4.78 is 0. The van der Waals surface area contributed by atoms with Crippen LogP contribution in [0.15, 0.2) is 0 Å². The fraction of sp³-hybridized carbons (Fsp3) is 0.917. The van der Waals surface area contributed by atoms with Crippen LogP contribution in [0, 0.1) is 5.41 Å². The standard InChI is InChI=1S/C12H23N3O/c1-12(5-7-13-8-6-12)9-14-11(16)15-10-3-2-4-10/h10,13H,2-9H2,1H3,(H2,14,15,16). The molecule has 0 aromatic heterocycles. The molecule has 1 aliphatic heterocycles. The molecule has 2 fully saturated rings. The first-order valence-corrected chi connectivity index (χ1v) is 6.43. The second kappa shape index (κ2) is 5.04. The summed E-state index contributed by atoms with van der Waals surface area (Å²) in [4.78, 5) is 11.6. The van der Waals surface area contributed by atoms with E-state index in [0.29, 0.717) is 6.04 Å². The highest BCUT2D eigenvalue weighted by molar-refractivity contribution is 5.74. The highest BCUT2D eigenvalue weighted by atomic mass is 16.2. The number of piperidine rings is 1. The van der Waals surface area contributed by atoms with Crippen molar-refractivity contribution in [3.05, 3.63) is 0 Å². The van der Waals surface area contributed by atoms with Crippen LogP contribution in [0.1, 0.15) is 39.0 Å². The van der Waals surface area contributed by atoms with E-state index in [1.54, 1.807) is 0 Å². The summed E-state index contributed by atoms with van der Waals surface area (Å²) in [6.45, 7) is 5.20. The van der Waals surface area contributed by atoms with Gasteiger partial charge in [-0.05, 0) is 50.6 Å². The summed E-state index contributed by atoms with van der Waals surface area (Å²) in [5, 5.41) is 9.37. The van der Waals surface area contributed by atoms with Crippen LogP contribution in [0.5, 0.6) is 0 Å². The number of hydrogen-bond acceptors (Lipinski definition) is 2. The number of rotatable bonds is 3. The largest absolute Gasteiger partial charge is 0.338 e. The molecule has 1 saturated heterocycles. The first kappa shape index (κ1) is 11.7. The van der Waals surface area contributed by atoms with E-state index in [4.69, 9.17) is 0 Å². The van der Waals surface area contributed by atoms with Crippen molar-refractivity contribution in [2.24, 2.45) is 5.41 Å². The summed E-state index contributed by atoms with van der Waals surface area (Å²) in [6, 6.07) is 0.449. The van der Waals surface area contributed by atoms with E-state index in [1.165, 1.54) is 6.42 Å². The molecule has 4 heteroatoms. The fourth-order valence-electron chi connectivity index (χ4n) is 2.29. The second-order valence-electron chi connectivity index (χ2n) is 5.52. The Morgan fingerprint density at radius 2 is 2.06 bits per heavy atom. The van der Waals surface area contributed by atoms with Gasteiger partial charge in [0.1, 0.15) is 0 Å². The minimum absolute atomic E-state index is 0.0180. The summed E-state index contributed by atoms with van der Waals surface area (Å²) in [6.07, 6.45) is 5.85. The van der Waals surface area contributed by atoms with Gasteiger partial charge in [-0.1, -0.05) is 6.92 Å². The number of carbonyl (C=O) groups excluding carboxylic acids is 1. The average Bonchev–Trinajstić information content (AvgIpc) is 2.22. The van der Waals surface area contributed by atoms with Gasteiger partial charge in [-0.2, -0.15) is 0 Å². The molecule has 2 amide bonds. The molecule has 0 spiro atoms. The van der Waals surface area contributed by atoms with Gasteiger partial charge in [-0.15, -0.1) is 0 Å². The predicted molar refractivity (Wildman–Crippen MR) is 64.4 cm³/mol. The maximum absolute atomic E-state index is 11.6. The van der Waals surface area contributed by atoms with Crippen LogP contribution in [-0.2, 0) is 0 Å². The lowest BCUT2D eigenvalue weighted by Gasteiger charge is -2.34. The minimum atomic E-state index is 0.0180. The predicted octanol–water partition coefficient (Wildman–Crippen LogP) is 1.23. The number of urea groups is 1. The van der Waals surface area contributed by atoms with E-state index in [1.807, 2.05) is 0 Å². The molecule has 16 heavy (non-hydrogen) atoms. The summed E-state index contributed by atoms with van der Waals surface area (Å²) in [7, 11) is 0. The van der Waals surface area contributed by atoms with Crippen molar-refractivity contribution in [1.29, 1.82) is 0 Å². The molecule has 0 unspecified atom stereocenters. The Kier molecular flexibility index (Phi) is 3.69. The molecule has 0 bridgehead atoms. The number of hydrogen-bond donors (Lipinski definition) is 3. The zero-order valence-electron chi connectivity index (χ0n) is 10.1. The van der Waals surface area contributed by atoms with E-state index in [2.05, 4.69) is 22.9 Å². The van der Waals surface area contributed by atoms with Gasteiger partial charge in [0.2, 0.25) is 0 Å². The van der Waals surface area contributed by atoms with Crippen molar-refractivity contribution in [2.75, 3.05) is 19.6 Å². The van der Waals surface area contributed by atoms with Crippen molar-refractivity contribution in [2.45, 2.75) is 45.1 Å². The molecule has 0 aromatic rings. The summed E-state index contributed by atoms with van der Waals surface area (Å²) in [5.41, 5.74) is 0.280. The van der Waals surface area contributed by atoms with Crippen molar-refractivity contribution in [1.82, 2.24) is 16.0 Å². The molecule has 92 valence electrons. The molecule has 1 heterocycles. The minimum Gasteiger partial charge on any atom is -0.338 e.